The molecule has 1 heterocycles. The standard InChI is InChI=1S/C22H27N3O2/c1-4-14-24(15-5-2)21(26)16-25-20-9-7-6-8-19(20)23-22(25)17-10-12-18(27-3)13-11-17/h6-13H,4-5,14-16H2,1-3H3. The number of carbonyl (C=O) groups excluding carboxylic acids is 1. The van der Waals surface area contributed by atoms with Crippen LogP contribution in [0.2, 0.25) is 0 Å². The topological polar surface area (TPSA) is 47.4 Å². The summed E-state index contributed by atoms with van der Waals surface area (Å²) in [6.45, 7) is 6.08. The first kappa shape index (κ1) is 19.0. The molecule has 5 nitrogen and oxygen atoms in total. The van der Waals surface area contributed by atoms with Gasteiger partial charge in [0, 0.05) is 18.7 Å². The molecule has 0 bridgehead atoms. The summed E-state index contributed by atoms with van der Waals surface area (Å²) in [4.78, 5) is 19.7. The molecule has 2 aromatic carbocycles. The molecule has 0 aliphatic rings. The third-order valence-electron chi connectivity index (χ3n) is 4.64. The van der Waals surface area contributed by atoms with Crippen LogP contribution in [-0.4, -0.2) is 40.6 Å². The van der Waals surface area contributed by atoms with Gasteiger partial charge in [-0.05, 0) is 49.2 Å². The van der Waals surface area contributed by atoms with Crippen molar-refractivity contribution in [2.45, 2.75) is 33.2 Å². The first-order valence-corrected chi connectivity index (χ1v) is 9.55. The summed E-state index contributed by atoms with van der Waals surface area (Å²) in [5.74, 6) is 1.74. The molecule has 3 aromatic rings. The predicted octanol–water partition coefficient (Wildman–Crippen LogP) is 4.36. The van der Waals surface area contributed by atoms with Gasteiger partial charge >= 0.3 is 0 Å². The van der Waals surface area contributed by atoms with Crippen LogP contribution in [0.5, 0.6) is 5.75 Å². The summed E-state index contributed by atoms with van der Waals surface area (Å²) < 4.78 is 7.28. The fraction of sp³-hybridized carbons (Fsp3) is 0.364. The first-order chi connectivity index (χ1) is 13.2. The molecule has 27 heavy (non-hydrogen) atoms. The van der Waals surface area contributed by atoms with Crippen LogP contribution >= 0.6 is 0 Å². The maximum Gasteiger partial charge on any atom is 0.242 e. The molecule has 142 valence electrons. The van der Waals surface area contributed by atoms with Crippen LogP contribution in [-0.2, 0) is 11.3 Å². The maximum absolute atomic E-state index is 13.0. The van der Waals surface area contributed by atoms with Gasteiger partial charge in [-0.3, -0.25) is 4.79 Å². The fourth-order valence-electron chi connectivity index (χ4n) is 3.33. The quantitative estimate of drug-likeness (QED) is 0.596. The van der Waals surface area contributed by atoms with Gasteiger partial charge in [-0.2, -0.15) is 0 Å². The van der Waals surface area contributed by atoms with Gasteiger partial charge < -0.3 is 14.2 Å². The molecule has 5 heteroatoms. The maximum atomic E-state index is 13.0. The molecule has 3 rings (SSSR count). The summed E-state index contributed by atoms with van der Waals surface area (Å²) in [6, 6.07) is 15.8. The van der Waals surface area contributed by atoms with E-state index in [0.29, 0.717) is 6.54 Å². The molecule has 0 N–H and O–H groups in total. The van der Waals surface area contributed by atoms with Crippen molar-refractivity contribution in [2.24, 2.45) is 0 Å². The zero-order chi connectivity index (χ0) is 19.2. The molecule has 0 radical (unpaired) electrons. The molecule has 0 saturated heterocycles. The number of para-hydroxylation sites is 2. The van der Waals surface area contributed by atoms with Crippen molar-refractivity contribution >= 4 is 16.9 Å². The third kappa shape index (κ3) is 4.13. The first-order valence-electron chi connectivity index (χ1n) is 9.55. The average molecular weight is 365 g/mol. The number of methoxy groups -OCH3 is 1. The lowest BCUT2D eigenvalue weighted by Gasteiger charge is -2.22. The van der Waals surface area contributed by atoms with Crippen LogP contribution in [0, 0.1) is 0 Å². The lowest BCUT2D eigenvalue weighted by molar-refractivity contribution is -0.131. The highest BCUT2D eigenvalue weighted by atomic mass is 16.5. The molecular weight excluding hydrogens is 338 g/mol. The molecule has 0 spiro atoms. The second kappa shape index (κ2) is 8.71. The number of rotatable bonds is 8. The van der Waals surface area contributed by atoms with Crippen molar-refractivity contribution in [3.63, 3.8) is 0 Å². The summed E-state index contributed by atoms with van der Waals surface area (Å²) in [5.41, 5.74) is 2.84. The zero-order valence-corrected chi connectivity index (χ0v) is 16.3. The fourth-order valence-corrected chi connectivity index (χ4v) is 3.33. The van der Waals surface area contributed by atoms with Crippen molar-refractivity contribution in [3.8, 4) is 17.1 Å². The van der Waals surface area contributed by atoms with E-state index in [0.717, 1.165) is 54.1 Å². The molecule has 0 fully saturated rings. The van der Waals surface area contributed by atoms with Crippen LogP contribution in [0.15, 0.2) is 48.5 Å². The van der Waals surface area contributed by atoms with Crippen LogP contribution < -0.4 is 4.74 Å². The highest BCUT2D eigenvalue weighted by Gasteiger charge is 2.18. The minimum absolute atomic E-state index is 0.136. The molecule has 0 unspecified atom stereocenters. The van der Waals surface area contributed by atoms with Gasteiger partial charge in [-0.15, -0.1) is 0 Å². The predicted molar refractivity (Wildman–Crippen MR) is 109 cm³/mol. The molecule has 0 saturated carbocycles. The van der Waals surface area contributed by atoms with Crippen LogP contribution in [0.25, 0.3) is 22.4 Å². The number of benzene rings is 2. The number of imidazole rings is 1. The summed E-state index contributed by atoms with van der Waals surface area (Å²) in [5, 5.41) is 0. The number of aromatic nitrogens is 2. The van der Waals surface area contributed by atoms with E-state index in [4.69, 9.17) is 9.72 Å². The van der Waals surface area contributed by atoms with E-state index in [-0.39, 0.29) is 5.91 Å². The van der Waals surface area contributed by atoms with E-state index in [1.165, 1.54) is 0 Å². The zero-order valence-electron chi connectivity index (χ0n) is 16.3. The molecule has 1 amide bonds. The Kier molecular flexibility index (Phi) is 6.12. The largest absolute Gasteiger partial charge is 0.497 e. The smallest absolute Gasteiger partial charge is 0.242 e. The molecule has 0 atom stereocenters. The number of nitrogens with zero attached hydrogens (tertiary/aromatic N) is 3. The van der Waals surface area contributed by atoms with Gasteiger partial charge in [-0.1, -0.05) is 26.0 Å². The number of carbonyl (C=O) groups is 1. The van der Waals surface area contributed by atoms with E-state index < -0.39 is 0 Å². The Bertz CT molecular complexity index is 894. The van der Waals surface area contributed by atoms with Crippen molar-refractivity contribution < 1.29 is 9.53 Å². The SMILES string of the molecule is CCCN(CCC)C(=O)Cn1c(-c2ccc(OC)cc2)nc2ccccc21. The molecule has 0 aliphatic heterocycles. The van der Waals surface area contributed by atoms with Gasteiger partial charge in [0.2, 0.25) is 5.91 Å². The summed E-state index contributed by atoms with van der Waals surface area (Å²) in [6.07, 6.45) is 1.92. The Labute approximate surface area is 160 Å². The Balaban J connectivity index is 2.00. The minimum Gasteiger partial charge on any atom is -0.497 e. The summed E-state index contributed by atoms with van der Waals surface area (Å²) >= 11 is 0. The number of amides is 1. The van der Waals surface area contributed by atoms with E-state index in [9.17, 15) is 4.79 Å². The van der Waals surface area contributed by atoms with Crippen LogP contribution in [0.4, 0.5) is 0 Å². The normalized spacial score (nSPS) is 10.9. The van der Waals surface area contributed by atoms with Crippen molar-refractivity contribution in [3.05, 3.63) is 48.5 Å². The second-order valence-electron chi connectivity index (χ2n) is 6.62. The third-order valence-corrected chi connectivity index (χ3v) is 4.64. The van der Waals surface area contributed by atoms with Gasteiger partial charge in [0.1, 0.15) is 18.1 Å². The molecule has 0 aliphatic carbocycles. The van der Waals surface area contributed by atoms with Gasteiger partial charge in [-0.25, -0.2) is 4.98 Å². The highest BCUT2D eigenvalue weighted by molar-refractivity contribution is 5.84. The van der Waals surface area contributed by atoms with Crippen LogP contribution in [0.3, 0.4) is 0 Å². The number of fused-ring (bicyclic) bond motifs is 1. The van der Waals surface area contributed by atoms with Crippen molar-refractivity contribution in [1.82, 2.24) is 14.5 Å². The van der Waals surface area contributed by atoms with Crippen molar-refractivity contribution in [2.75, 3.05) is 20.2 Å². The van der Waals surface area contributed by atoms with Gasteiger partial charge in [0.15, 0.2) is 0 Å². The molecular formula is C22H27N3O2. The van der Waals surface area contributed by atoms with Crippen LogP contribution in [0.1, 0.15) is 26.7 Å². The summed E-state index contributed by atoms with van der Waals surface area (Å²) in [7, 11) is 1.65. The average Bonchev–Trinajstić information content (AvgIpc) is 3.06. The van der Waals surface area contributed by atoms with Gasteiger partial charge in [0.05, 0.1) is 18.1 Å². The Hall–Kier alpha value is -2.82. The van der Waals surface area contributed by atoms with E-state index in [2.05, 4.69) is 13.8 Å². The second-order valence-corrected chi connectivity index (χ2v) is 6.62. The highest BCUT2D eigenvalue weighted by Crippen LogP contribution is 2.26. The Morgan fingerprint density at radius 1 is 1.04 bits per heavy atom. The van der Waals surface area contributed by atoms with Gasteiger partial charge in [0.25, 0.3) is 0 Å². The number of hydrogen-bond donors (Lipinski definition) is 0. The number of hydrogen-bond acceptors (Lipinski definition) is 3. The van der Waals surface area contributed by atoms with E-state index in [1.807, 2.05) is 58.0 Å². The molecule has 1 aromatic heterocycles. The Morgan fingerprint density at radius 2 is 1.70 bits per heavy atom. The lowest BCUT2D eigenvalue weighted by Crippen LogP contribution is -2.35. The van der Waals surface area contributed by atoms with E-state index in [1.54, 1.807) is 7.11 Å². The minimum atomic E-state index is 0.136. The number of ether oxygens (including phenoxy) is 1. The van der Waals surface area contributed by atoms with Crippen molar-refractivity contribution in [1.29, 1.82) is 0 Å². The monoisotopic (exact) mass is 365 g/mol. The lowest BCUT2D eigenvalue weighted by atomic mass is 10.2. The Morgan fingerprint density at radius 3 is 2.33 bits per heavy atom. The van der Waals surface area contributed by atoms with E-state index >= 15 is 0 Å².